The van der Waals surface area contributed by atoms with Crippen LogP contribution in [0.5, 0.6) is 0 Å². The highest BCUT2D eigenvalue weighted by atomic mass is 16.3. The molecular formula is C8H8N2O. The van der Waals surface area contributed by atoms with Crippen molar-refractivity contribution >= 4 is 0 Å². The summed E-state index contributed by atoms with van der Waals surface area (Å²) in [6.07, 6.45) is 1.71. The normalized spacial score (nSPS) is 10.7. The zero-order valence-corrected chi connectivity index (χ0v) is 6.46. The van der Waals surface area contributed by atoms with Crippen molar-refractivity contribution in [2.24, 2.45) is 0 Å². The molecule has 0 unspecified atom stereocenters. The zero-order chi connectivity index (χ0) is 7.84. The molecule has 0 bridgehead atoms. The molecular weight excluding hydrogens is 140 g/mol. The van der Waals surface area contributed by atoms with E-state index in [1.807, 2.05) is 19.9 Å². The summed E-state index contributed by atoms with van der Waals surface area (Å²) < 4.78 is 5.29. The predicted molar refractivity (Wildman–Crippen MR) is 40.4 cm³/mol. The molecule has 3 heteroatoms. The van der Waals surface area contributed by atoms with Crippen LogP contribution in [0.2, 0.25) is 0 Å². The number of nitrogens with zero attached hydrogens (tertiary/aromatic N) is 2. The molecule has 2 rings (SSSR count). The molecule has 0 amide bonds. The average molecular weight is 148 g/mol. The van der Waals surface area contributed by atoms with Gasteiger partial charge in [-0.05, 0) is 25.5 Å². The van der Waals surface area contributed by atoms with E-state index < -0.39 is 0 Å². The van der Waals surface area contributed by atoms with Crippen molar-refractivity contribution in [1.82, 2.24) is 10.2 Å². The second-order valence-electron chi connectivity index (χ2n) is 2.62. The summed E-state index contributed by atoms with van der Waals surface area (Å²) in [7, 11) is 0. The Morgan fingerprint density at radius 2 is 2.09 bits per heavy atom. The summed E-state index contributed by atoms with van der Waals surface area (Å²) in [5.74, 6) is 0.788. The number of fused-ring (bicyclic) bond motifs is 1. The van der Waals surface area contributed by atoms with Gasteiger partial charge in [0.05, 0.1) is 6.26 Å². The van der Waals surface area contributed by atoms with Gasteiger partial charge < -0.3 is 4.42 Å². The standard InChI is InChI=1S/C8H8N2O/c1-5-3-7-8(11-4-5)6(2)9-10-7/h3-4H,1-2H3. The summed E-state index contributed by atoms with van der Waals surface area (Å²) in [5, 5.41) is 7.83. The van der Waals surface area contributed by atoms with Crippen LogP contribution in [0.1, 0.15) is 11.3 Å². The van der Waals surface area contributed by atoms with Crippen LogP contribution >= 0.6 is 0 Å². The van der Waals surface area contributed by atoms with Gasteiger partial charge in [-0.3, -0.25) is 0 Å². The molecule has 3 nitrogen and oxygen atoms in total. The fourth-order valence-electron chi connectivity index (χ4n) is 1.05. The fraction of sp³-hybridized carbons (Fsp3) is 0.250. The average Bonchev–Trinajstić information content (AvgIpc) is 2.32. The molecule has 0 saturated heterocycles. The van der Waals surface area contributed by atoms with Crippen LogP contribution in [0.15, 0.2) is 16.7 Å². The van der Waals surface area contributed by atoms with Crippen LogP contribution in [0.25, 0.3) is 11.5 Å². The molecule has 2 aliphatic heterocycles. The molecule has 0 aromatic heterocycles. The minimum absolute atomic E-state index is 0.788. The topological polar surface area (TPSA) is 38.9 Å². The van der Waals surface area contributed by atoms with Crippen LogP contribution in [-0.4, -0.2) is 10.2 Å². The minimum atomic E-state index is 0.788. The molecule has 56 valence electrons. The first-order chi connectivity index (χ1) is 5.27. The molecule has 0 aromatic rings. The first-order valence-electron chi connectivity index (χ1n) is 3.45. The second kappa shape index (κ2) is 2.05. The SMILES string of the molecule is Cc1coc2c(C)nnc-2c1. The maximum atomic E-state index is 5.29. The van der Waals surface area contributed by atoms with Crippen molar-refractivity contribution in [3.63, 3.8) is 0 Å². The van der Waals surface area contributed by atoms with Crippen molar-refractivity contribution in [2.75, 3.05) is 0 Å². The van der Waals surface area contributed by atoms with Crippen molar-refractivity contribution in [2.45, 2.75) is 13.8 Å². The van der Waals surface area contributed by atoms with Gasteiger partial charge in [0.2, 0.25) is 0 Å². The molecule has 11 heavy (non-hydrogen) atoms. The van der Waals surface area contributed by atoms with E-state index in [-0.39, 0.29) is 0 Å². The zero-order valence-electron chi connectivity index (χ0n) is 6.46. The van der Waals surface area contributed by atoms with Gasteiger partial charge in [0.15, 0.2) is 5.76 Å². The van der Waals surface area contributed by atoms with Crippen molar-refractivity contribution in [3.8, 4) is 11.5 Å². The summed E-state index contributed by atoms with van der Waals surface area (Å²) in [4.78, 5) is 0. The maximum absolute atomic E-state index is 5.29. The molecule has 0 aromatic carbocycles. The van der Waals surface area contributed by atoms with E-state index in [9.17, 15) is 0 Å². The van der Waals surface area contributed by atoms with Crippen molar-refractivity contribution in [1.29, 1.82) is 0 Å². The van der Waals surface area contributed by atoms with Gasteiger partial charge in [0.1, 0.15) is 11.4 Å². The number of aryl methyl sites for hydroxylation is 2. The summed E-state index contributed by atoms with van der Waals surface area (Å²) >= 11 is 0. The van der Waals surface area contributed by atoms with Crippen molar-refractivity contribution < 1.29 is 4.42 Å². The Morgan fingerprint density at radius 1 is 1.27 bits per heavy atom. The number of hydrogen-bond donors (Lipinski definition) is 0. The molecule has 0 spiro atoms. The minimum Gasteiger partial charge on any atom is -0.460 e. The van der Waals surface area contributed by atoms with Crippen LogP contribution < -0.4 is 0 Å². The fourth-order valence-corrected chi connectivity index (χ4v) is 1.05. The van der Waals surface area contributed by atoms with Crippen LogP contribution in [0, 0.1) is 13.8 Å². The van der Waals surface area contributed by atoms with E-state index in [0.29, 0.717) is 0 Å². The molecule has 0 N–H and O–H groups in total. The highest BCUT2D eigenvalue weighted by Gasteiger charge is 2.11. The van der Waals surface area contributed by atoms with E-state index in [1.54, 1.807) is 6.26 Å². The lowest BCUT2D eigenvalue weighted by Gasteiger charge is -1.96. The summed E-state index contributed by atoms with van der Waals surface area (Å²) in [6.45, 7) is 3.85. The van der Waals surface area contributed by atoms with Crippen LogP contribution in [-0.2, 0) is 0 Å². The lowest BCUT2D eigenvalue weighted by Crippen LogP contribution is -1.79. The number of rotatable bonds is 0. The number of aromatic nitrogens is 2. The Labute approximate surface area is 64.4 Å². The Hall–Kier alpha value is -1.38. The van der Waals surface area contributed by atoms with Gasteiger partial charge in [0, 0.05) is 0 Å². The first-order valence-corrected chi connectivity index (χ1v) is 3.45. The largest absolute Gasteiger partial charge is 0.460 e. The van der Waals surface area contributed by atoms with E-state index >= 15 is 0 Å². The van der Waals surface area contributed by atoms with Gasteiger partial charge in [-0.1, -0.05) is 0 Å². The van der Waals surface area contributed by atoms with Gasteiger partial charge in [0.25, 0.3) is 0 Å². The lowest BCUT2D eigenvalue weighted by atomic mass is 10.2. The molecule has 0 saturated carbocycles. The Balaban J connectivity index is 2.74. The highest BCUT2D eigenvalue weighted by molar-refractivity contribution is 5.56. The van der Waals surface area contributed by atoms with Gasteiger partial charge in [-0.2, -0.15) is 5.10 Å². The van der Waals surface area contributed by atoms with E-state index in [1.165, 1.54) is 0 Å². The predicted octanol–water partition coefficient (Wildman–Crippen LogP) is 1.79. The smallest absolute Gasteiger partial charge is 0.177 e. The third-order valence-electron chi connectivity index (χ3n) is 1.60. The molecule has 0 fully saturated rings. The van der Waals surface area contributed by atoms with Crippen LogP contribution in [0.4, 0.5) is 0 Å². The van der Waals surface area contributed by atoms with Gasteiger partial charge in [-0.25, -0.2) is 0 Å². The quantitative estimate of drug-likeness (QED) is 0.571. The summed E-state index contributed by atoms with van der Waals surface area (Å²) in [5.41, 5.74) is 2.75. The van der Waals surface area contributed by atoms with Gasteiger partial charge in [-0.15, -0.1) is 5.10 Å². The van der Waals surface area contributed by atoms with E-state index in [4.69, 9.17) is 4.42 Å². The van der Waals surface area contributed by atoms with Crippen molar-refractivity contribution in [3.05, 3.63) is 23.6 Å². The number of hydrogen-bond acceptors (Lipinski definition) is 3. The first kappa shape index (κ1) is 6.34. The molecule has 0 radical (unpaired) electrons. The molecule has 0 aliphatic carbocycles. The summed E-state index contributed by atoms with van der Waals surface area (Å²) in [6, 6.07) is 1.96. The third-order valence-corrected chi connectivity index (χ3v) is 1.60. The lowest BCUT2D eigenvalue weighted by molar-refractivity contribution is 0.557. The maximum Gasteiger partial charge on any atom is 0.177 e. The van der Waals surface area contributed by atoms with E-state index in [0.717, 1.165) is 22.7 Å². The Kier molecular flexibility index (Phi) is 1.18. The Morgan fingerprint density at radius 3 is 2.91 bits per heavy atom. The van der Waals surface area contributed by atoms with Crippen LogP contribution in [0.3, 0.4) is 0 Å². The highest BCUT2D eigenvalue weighted by Crippen LogP contribution is 2.22. The van der Waals surface area contributed by atoms with Gasteiger partial charge >= 0.3 is 0 Å². The molecule has 2 heterocycles. The monoisotopic (exact) mass is 148 g/mol. The molecule has 2 aliphatic rings. The Bertz CT molecular complexity index is 353. The van der Waals surface area contributed by atoms with E-state index in [2.05, 4.69) is 10.2 Å². The third kappa shape index (κ3) is 0.888. The second-order valence-corrected chi connectivity index (χ2v) is 2.62. The molecule has 0 atom stereocenters.